The fourth-order valence-corrected chi connectivity index (χ4v) is 8.37. The largest absolute Gasteiger partial charge is 0.507 e. The third kappa shape index (κ3) is 9.11. The summed E-state index contributed by atoms with van der Waals surface area (Å²) in [7, 11) is 0. The van der Waals surface area contributed by atoms with Gasteiger partial charge < -0.3 is 5.11 Å². The first kappa shape index (κ1) is 45.5. The van der Waals surface area contributed by atoms with Crippen molar-refractivity contribution in [3.8, 4) is 67.5 Å². The van der Waals surface area contributed by atoms with Crippen molar-refractivity contribution in [2.75, 3.05) is 0 Å². The zero-order chi connectivity index (χ0) is 44.4. The summed E-state index contributed by atoms with van der Waals surface area (Å²) in [5, 5.41) is 12.5. The number of hydrogen-bond acceptors (Lipinski definition) is 3. The maximum Gasteiger partial charge on any atom is 0.148 e. The summed E-state index contributed by atoms with van der Waals surface area (Å²) in [6, 6.07) is 51.2. The number of para-hydroxylation sites is 1. The van der Waals surface area contributed by atoms with Gasteiger partial charge in [-0.05, 0) is 85.4 Å². The molecule has 63 heavy (non-hydrogen) atoms. The minimum atomic E-state index is -0.319. The summed E-state index contributed by atoms with van der Waals surface area (Å²) in [6.45, 7) is 26.8. The molecule has 0 aliphatic heterocycles. The molecule has 0 amide bonds. The van der Waals surface area contributed by atoms with E-state index in [0.717, 1.165) is 66.9 Å². The molecule has 0 atom stereocenters. The molecule has 5 heteroatoms. The minimum Gasteiger partial charge on any atom is -0.507 e. The molecular formula is C58H60N3OPt-. The van der Waals surface area contributed by atoms with Gasteiger partial charge in [0.15, 0.2) is 0 Å². The Kier molecular flexibility index (Phi) is 12.2. The van der Waals surface area contributed by atoms with Crippen LogP contribution in [-0.2, 0) is 42.7 Å². The molecule has 0 bridgehead atoms. The number of pyridine rings is 1. The van der Waals surface area contributed by atoms with Crippen LogP contribution < -0.4 is 0 Å². The number of fused-ring (bicyclic) bond motifs is 1. The Bertz CT molecular complexity index is 2930. The van der Waals surface area contributed by atoms with Crippen molar-refractivity contribution >= 4 is 11.0 Å². The van der Waals surface area contributed by atoms with Crippen molar-refractivity contribution in [3.05, 3.63) is 168 Å². The predicted octanol–water partition coefficient (Wildman–Crippen LogP) is 15.4. The Morgan fingerprint density at radius 2 is 1.06 bits per heavy atom. The monoisotopic (exact) mass is 1010 g/mol. The average molecular weight is 1010 g/mol. The molecule has 0 saturated carbocycles. The Morgan fingerprint density at radius 1 is 0.492 bits per heavy atom. The van der Waals surface area contributed by atoms with Crippen LogP contribution in [0.2, 0.25) is 0 Å². The Balaban J connectivity index is 0.00000595. The first-order valence-electron chi connectivity index (χ1n) is 21.9. The fraction of sp³-hybridized carbons (Fsp3) is 0.276. The van der Waals surface area contributed by atoms with Gasteiger partial charge in [-0.25, -0.2) is 4.98 Å². The number of phenols is 1. The van der Waals surface area contributed by atoms with Crippen LogP contribution in [0.15, 0.2) is 140 Å². The van der Waals surface area contributed by atoms with Crippen molar-refractivity contribution in [1.82, 2.24) is 14.5 Å². The molecule has 8 aromatic rings. The number of aromatic nitrogens is 3. The topological polar surface area (TPSA) is 50.9 Å². The van der Waals surface area contributed by atoms with Gasteiger partial charge in [-0.15, -0.1) is 29.3 Å². The summed E-state index contributed by atoms with van der Waals surface area (Å²) in [5.41, 5.74) is 15.3. The minimum absolute atomic E-state index is 0. The average Bonchev–Trinajstić information content (AvgIpc) is 3.62. The third-order valence-corrected chi connectivity index (χ3v) is 12.0. The summed E-state index contributed by atoms with van der Waals surface area (Å²) in [4.78, 5) is 10.6. The molecule has 2 heterocycles. The summed E-state index contributed by atoms with van der Waals surface area (Å²) >= 11 is 0. The second kappa shape index (κ2) is 16.9. The standard InChI is InChI=1S/C58H60N3O.Pt/c1-55(2,3)43-31-41(30-42(32-43)49-34-40(28-29-59-49)38-22-17-14-18-23-38)45-24-19-25-51-52(45)60-54(46-35-44(56(4,5)6)36-48(53(46)62)58(10,11)12)61(51)50-27-26-39(33-47(50)57(7,8)9)37-20-15-13-16-21-37;/h13-29,31-36,62H,1-12H3;/q-1;. The molecule has 8 rings (SSSR count). The van der Waals surface area contributed by atoms with Crippen LogP contribution in [0.5, 0.6) is 5.75 Å². The fourth-order valence-electron chi connectivity index (χ4n) is 8.37. The second-order valence-electron chi connectivity index (χ2n) is 21.0. The van der Waals surface area contributed by atoms with Gasteiger partial charge in [0.2, 0.25) is 0 Å². The predicted molar refractivity (Wildman–Crippen MR) is 261 cm³/mol. The van der Waals surface area contributed by atoms with Gasteiger partial charge in [0, 0.05) is 38.5 Å². The first-order valence-corrected chi connectivity index (χ1v) is 21.9. The van der Waals surface area contributed by atoms with Crippen molar-refractivity contribution in [2.45, 2.75) is 105 Å². The molecule has 0 saturated heterocycles. The molecule has 0 fully saturated rings. The number of benzene rings is 6. The molecule has 324 valence electrons. The van der Waals surface area contributed by atoms with Gasteiger partial charge in [0.1, 0.15) is 11.6 Å². The van der Waals surface area contributed by atoms with E-state index in [0.29, 0.717) is 11.4 Å². The quantitative estimate of drug-likeness (QED) is 0.169. The second-order valence-corrected chi connectivity index (χ2v) is 21.0. The van der Waals surface area contributed by atoms with Crippen LogP contribution in [0, 0.1) is 6.07 Å². The summed E-state index contributed by atoms with van der Waals surface area (Å²) in [6.07, 6.45) is 1.89. The van der Waals surface area contributed by atoms with Crippen LogP contribution in [0.3, 0.4) is 0 Å². The number of phenolic OH excluding ortho intramolecular Hbond substituents is 1. The van der Waals surface area contributed by atoms with Gasteiger partial charge >= 0.3 is 0 Å². The zero-order valence-corrected chi connectivity index (χ0v) is 41.2. The van der Waals surface area contributed by atoms with Gasteiger partial charge in [-0.2, -0.15) is 0 Å². The molecule has 0 aliphatic carbocycles. The molecule has 6 aromatic carbocycles. The first-order chi connectivity index (χ1) is 29.2. The zero-order valence-electron chi connectivity index (χ0n) is 38.9. The molecule has 0 unspecified atom stereocenters. The SMILES string of the molecule is CC(C)(C)c1cc(-c2cc(-c3ccccc3)ccn2)[c-]c(-c2cccc3c2nc(-c2cc(C(C)(C)C)cc(C(C)(C)C)c2O)n3-c2ccc(-c3ccccc3)cc2C(C)(C)C)c1.[Pt]. The molecule has 1 N–H and O–H groups in total. The maximum absolute atomic E-state index is 12.5. The maximum atomic E-state index is 12.5. The van der Waals surface area contributed by atoms with E-state index in [1.54, 1.807) is 0 Å². The van der Waals surface area contributed by atoms with E-state index in [1.807, 2.05) is 12.3 Å². The summed E-state index contributed by atoms with van der Waals surface area (Å²) in [5.74, 6) is 0.957. The number of hydrogen-bond donors (Lipinski definition) is 1. The van der Waals surface area contributed by atoms with Gasteiger partial charge in [0.25, 0.3) is 0 Å². The van der Waals surface area contributed by atoms with E-state index < -0.39 is 0 Å². The smallest absolute Gasteiger partial charge is 0.148 e. The Morgan fingerprint density at radius 3 is 1.65 bits per heavy atom. The van der Waals surface area contributed by atoms with Crippen molar-refractivity contribution in [3.63, 3.8) is 0 Å². The van der Waals surface area contributed by atoms with Gasteiger partial charge in [-0.1, -0.05) is 185 Å². The van der Waals surface area contributed by atoms with Crippen molar-refractivity contribution in [1.29, 1.82) is 0 Å². The third-order valence-electron chi connectivity index (χ3n) is 12.0. The van der Waals surface area contributed by atoms with Crippen LogP contribution in [0.4, 0.5) is 0 Å². The molecule has 0 aliphatic rings. The normalized spacial score (nSPS) is 12.4. The van der Waals surface area contributed by atoms with E-state index in [1.165, 1.54) is 16.7 Å². The number of aromatic hydroxyl groups is 1. The Labute approximate surface area is 389 Å². The van der Waals surface area contributed by atoms with Crippen molar-refractivity contribution < 1.29 is 26.2 Å². The molecule has 2 aromatic heterocycles. The molecule has 0 radical (unpaired) electrons. The van der Waals surface area contributed by atoms with Gasteiger partial charge in [-0.3, -0.25) is 9.55 Å². The molecule has 4 nitrogen and oxygen atoms in total. The van der Waals surface area contributed by atoms with Crippen LogP contribution in [0.1, 0.15) is 105 Å². The van der Waals surface area contributed by atoms with Gasteiger partial charge in [0.05, 0.1) is 22.3 Å². The number of imidazole rings is 1. The summed E-state index contributed by atoms with van der Waals surface area (Å²) < 4.78 is 2.29. The molecule has 0 spiro atoms. The van der Waals surface area contributed by atoms with E-state index in [2.05, 4.69) is 221 Å². The molecular weight excluding hydrogens is 950 g/mol. The van der Waals surface area contributed by atoms with E-state index in [4.69, 9.17) is 9.97 Å². The van der Waals surface area contributed by atoms with Crippen molar-refractivity contribution in [2.24, 2.45) is 0 Å². The van der Waals surface area contributed by atoms with Crippen LogP contribution >= 0.6 is 0 Å². The Hall–Kier alpha value is -5.57. The van der Waals surface area contributed by atoms with E-state index in [9.17, 15) is 5.11 Å². The van der Waals surface area contributed by atoms with E-state index >= 15 is 0 Å². The van der Waals surface area contributed by atoms with Crippen LogP contribution in [0.25, 0.3) is 72.7 Å². The van der Waals surface area contributed by atoms with Crippen LogP contribution in [-0.4, -0.2) is 19.6 Å². The van der Waals surface area contributed by atoms with E-state index in [-0.39, 0.29) is 48.5 Å². The number of nitrogens with zero attached hydrogens (tertiary/aromatic N) is 3. The number of rotatable bonds is 6.